The zero-order valence-electron chi connectivity index (χ0n) is 9.88. The van der Waals surface area contributed by atoms with E-state index in [2.05, 4.69) is 4.98 Å². The number of rotatable bonds is 2. The number of hydrogen-bond acceptors (Lipinski definition) is 2. The van der Waals surface area contributed by atoms with Gasteiger partial charge in [-0.25, -0.2) is 9.37 Å². The van der Waals surface area contributed by atoms with E-state index in [0.717, 1.165) is 0 Å². The Morgan fingerprint density at radius 2 is 2.11 bits per heavy atom. The van der Waals surface area contributed by atoms with Gasteiger partial charge in [0.15, 0.2) is 0 Å². The van der Waals surface area contributed by atoms with E-state index >= 15 is 0 Å². The number of pyridine rings is 1. The van der Waals surface area contributed by atoms with Gasteiger partial charge in [-0.1, -0.05) is 12.1 Å². The Bertz CT molecular complexity index is 779. The molecule has 0 aliphatic carbocycles. The van der Waals surface area contributed by atoms with E-state index in [-0.39, 0.29) is 5.82 Å². The zero-order chi connectivity index (χ0) is 13.4. The van der Waals surface area contributed by atoms with Gasteiger partial charge in [0.25, 0.3) is 5.91 Å². The second-order valence-corrected chi connectivity index (χ2v) is 4.15. The van der Waals surface area contributed by atoms with Gasteiger partial charge in [0.2, 0.25) is 0 Å². The number of nitrogens with zero attached hydrogens (tertiary/aromatic N) is 2. The number of carbonyl (C=O) groups is 1. The fourth-order valence-corrected chi connectivity index (χ4v) is 1.99. The average Bonchev–Trinajstić information content (AvgIpc) is 2.82. The van der Waals surface area contributed by atoms with Crippen molar-refractivity contribution in [3.63, 3.8) is 0 Å². The van der Waals surface area contributed by atoms with Crippen LogP contribution in [0.5, 0.6) is 0 Å². The number of primary amides is 1. The molecule has 0 saturated carbocycles. The molecular formula is C14H10FN3O. The first-order valence-corrected chi connectivity index (χ1v) is 5.68. The smallest absolute Gasteiger partial charge is 0.252 e. The molecule has 0 saturated heterocycles. The summed E-state index contributed by atoms with van der Waals surface area (Å²) in [4.78, 5) is 15.7. The second-order valence-electron chi connectivity index (χ2n) is 4.15. The lowest BCUT2D eigenvalue weighted by Crippen LogP contribution is -2.12. The molecule has 5 heteroatoms. The van der Waals surface area contributed by atoms with Crippen LogP contribution in [0.4, 0.5) is 4.39 Å². The van der Waals surface area contributed by atoms with E-state index in [4.69, 9.17) is 5.73 Å². The van der Waals surface area contributed by atoms with Crippen LogP contribution in [0, 0.1) is 5.82 Å². The molecule has 0 aliphatic rings. The SMILES string of the molecule is NC(=O)c1cccn2cc(-c3cccc(F)c3)nc12. The first-order valence-electron chi connectivity index (χ1n) is 5.68. The molecule has 3 aromatic rings. The molecule has 0 unspecified atom stereocenters. The van der Waals surface area contributed by atoms with E-state index in [9.17, 15) is 9.18 Å². The number of benzene rings is 1. The Hall–Kier alpha value is -2.69. The molecule has 2 aromatic heterocycles. The normalized spacial score (nSPS) is 10.8. The van der Waals surface area contributed by atoms with E-state index in [1.807, 2.05) is 0 Å². The summed E-state index contributed by atoms with van der Waals surface area (Å²) in [6, 6.07) is 9.46. The Morgan fingerprint density at radius 1 is 1.26 bits per heavy atom. The van der Waals surface area contributed by atoms with Crippen molar-refractivity contribution in [1.82, 2.24) is 9.38 Å². The summed E-state index contributed by atoms with van der Waals surface area (Å²) < 4.78 is 14.9. The standard InChI is InChI=1S/C14H10FN3O/c15-10-4-1-3-9(7-10)12-8-18-6-2-5-11(13(16)19)14(18)17-12/h1-8H,(H2,16,19). The van der Waals surface area contributed by atoms with Crippen LogP contribution in [0.3, 0.4) is 0 Å². The minimum absolute atomic E-state index is 0.329. The Balaban J connectivity index is 2.22. The summed E-state index contributed by atoms with van der Waals surface area (Å²) in [5.74, 6) is -0.869. The number of hydrogen-bond donors (Lipinski definition) is 1. The lowest BCUT2D eigenvalue weighted by molar-refractivity contribution is 0.100. The molecule has 4 nitrogen and oxygen atoms in total. The van der Waals surface area contributed by atoms with Gasteiger partial charge >= 0.3 is 0 Å². The second kappa shape index (κ2) is 4.20. The molecule has 94 valence electrons. The molecule has 0 aliphatic heterocycles. The molecular weight excluding hydrogens is 245 g/mol. The van der Waals surface area contributed by atoms with Gasteiger partial charge in [-0.3, -0.25) is 4.79 Å². The number of imidazole rings is 1. The predicted octanol–water partition coefficient (Wildman–Crippen LogP) is 2.24. The monoisotopic (exact) mass is 255 g/mol. The number of carbonyl (C=O) groups excluding carboxylic acids is 1. The number of aromatic nitrogens is 2. The molecule has 1 aromatic carbocycles. The van der Waals surface area contributed by atoms with Gasteiger partial charge in [0.05, 0.1) is 11.3 Å². The molecule has 3 rings (SSSR count). The van der Waals surface area contributed by atoms with Gasteiger partial charge in [0.1, 0.15) is 11.5 Å². The van der Waals surface area contributed by atoms with E-state index in [0.29, 0.717) is 22.5 Å². The molecule has 0 spiro atoms. The minimum Gasteiger partial charge on any atom is -0.365 e. The maximum Gasteiger partial charge on any atom is 0.252 e. The first-order chi connectivity index (χ1) is 9.15. The van der Waals surface area contributed by atoms with E-state index < -0.39 is 5.91 Å². The van der Waals surface area contributed by atoms with Crippen molar-refractivity contribution in [1.29, 1.82) is 0 Å². The third kappa shape index (κ3) is 1.95. The highest BCUT2D eigenvalue weighted by Crippen LogP contribution is 2.21. The van der Waals surface area contributed by atoms with Gasteiger partial charge < -0.3 is 10.1 Å². The average molecular weight is 255 g/mol. The highest BCUT2D eigenvalue weighted by atomic mass is 19.1. The van der Waals surface area contributed by atoms with E-state index in [1.54, 1.807) is 41.1 Å². The van der Waals surface area contributed by atoms with Crippen LogP contribution < -0.4 is 5.73 Å². The van der Waals surface area contributed by atoms with Crippen LogP contribution in [-0.4, -0.2) is 15.3 Å². The molecule has 19 heavy (non-hydrogen) atoms. The summed E-state index contributed by atoms with van der Waals surface area (Å²) in [6.45, 7) is 0. The van der Waals surface area contributed by atoms with Gasteiger partial charge in [-0.2, -0.15) is 0 Å². The summed E-state index contributed by atoms with van der Waals surface area (Å²) in [7, 11) is 0. The van der Waals surface area contributed by atoms with Crippen molar-refractivity contribution in [2.75, 3.05) is 0 Å². The van der Waals surface area contributed by atoms with Crippen molar-refractivity contribution in [2.24, 2.45) is 5.73 Å². The third-order valence-electron chi connectivity index (χ3n) is 2.87. The lowest BCUT2D eigenvalue weighted by atomic mass is 10.2. The third-order valence-corrected chi connectivity index (χ3v) is 2.87. The molecule has 2 heterocycles. The Labute approximate surface area is 108 Å². The molecule has 0 bridgehead atoms. The minimum atomic E-state index is -0.540. The maximum absolute atomic E-state index is 13.2. The van der Waals surface area contributed by atoms with Crippen molar-refractivity contribution >= 4 is 11.6 Å². The van der Waals surface area contributed by atoms with Crippen LogP contribution in [0.25, 0.3) is 16.9 Å². The van der Waals surface area contributed by atoms with Crippen molar-refractivity contribution in [3.8, 4) is 11.3 Å². The zero-order valence-corrected chi connectivity index (χ0v) is 9.88. The topological polar surface area (TPSA) is 60.4 Å². The molecule has 0 radical (unpaired) electrons. The Kier molecular flexibility index (Phi) is 2.52. The van der Waals surface area contributed by atoms with Gasteiger partial charge in [0, 0.05) is 18.0 Å². The molecule has 0 atom stereocenters. The fourth-order valence-electron chi connectivity index (χ4n) is 1.99. The fraction of sp³-hybridized carbons (Fsp3) is 0. The van der Waals surface area contributed by atoms with Crippen LogP contribution in [-0.2, 0) is 0 Å². The van der Waals surface area contributed by atoms with Gasteiger partial charge in [-0.05, 0) is 24.3 Å². The Morgan fingerprint density at radius 3 is 2.84 bits per heavy atom. The number of fused-ring (bicyclic) bond motifs is 1. The summed E-state index contributed by atoms with van der Waals surface area (Å²) in [5.41, 5.74) is 7.35. The van der Waals surface area contributed by atoms with Crippen LogP contribution in [0.2, 0.25) is 0 Å². The van der Waals surface area contributed by atoms with Gasteiger partial charge in [-0.15, -0.1) is 0 Å². The number of halogens is 1. The van der Waals surface area contributed by atoms with E-state index in [1.165, 1.54) is 12.1 Å². The van der Waals surface area contributed by atoms with Crippen LogP contribution in [0.1, 0.15) is 10.4 Å². The summed E-state index contributed by atoms with van der Waals surface area (Å²) >= 11 is 0. The van der Waals surface area contributed by atoms with Crippen molar-refractivity contribution in [2.45, 2.75) is 0 Å². The summed E-state index contributed by atoms with van der Waals surface area (Å²) in [6.07, 6.45) is 3.49. The lowest BCUT2D eigenvalue weighted by Gasteiger charge is -1.97. The maximum atomic E-state index is 13.2. The number of nitrogens with two attached hydrogens (primary N) is 1. The van der Waals surface area contributed by atoms with Crippen molar-refractivity contribution in [3.05, 3.63) is 60.2 Å². The van der Waals surface area contributed by atoms with Crippen LogP contribution in [0.15, 0.2) is 48.8 Å². The highest BCUT2D eigenvalue weighted by molar-refractivity contribution is 5.98. The first kappa shape index (κ1) is 11.4. The predicted molar refractivity (Wildman–Crippen MR) is 69.1 cm³/mol. The summed E-state index contributed by atoms with van der Waals surface area (Å²) in [5, 5.41) is 0. The molecule has 2 N–H and O–H groups in total. The molecule has 1 amide bonds. The van der Waals surface area contributed by atoms with Crippen LogP contribution >= 0.6 is 0 Å². The van der Waals surface area contributed by atoms with Crippen molar-refractivity contribution < 1.29 is 9.18 Å². The largest absolute Gasteiger partial charge is 0.365 e. The molecule has 0 fully saturated rings. The highest BCUT2D eigenvalue weighted by Gasteiger charge is 2.11. The quantitative estimate of drug-likeness (QED) is 0.763. The number of amides is 1.